The van der Waals surface area contributed by atoms with Crippen LogP contribution >= 0.6 is 0 Å². The molecule has 2 atom stereocenters. The number of carbonyl (C=O) groups is 1. The van der Waals surface area contributed by atoms with Crippen molar-refractivity contribution in [1.82, 2.24) is 4.90 Å². The number of rotatable bonds is 2. The molecular weight excluding hydrogens is 182 g/mol. The van der Waals surface area contributed by atoms with Crippen LogP contribution in [-0.2, 0) is 4.74 Å². The van der Waals surface area contributed by atoms with Crippen molar-refractivity contribution in [2.45, 2.75) is 38.3 Å². The molecule has 3 fully saturated rings. The Hall–Kier alpha value is -0.770. The highest BCUT2D eigenvalue weighted by Crippen LogP contribution is 2.35. The van der Waals surface area contributed by atoms with E-state index >= 15 is 0 Å². The van der Waals surface area contributed by atoms with Crippen LogP contribution in [-0.4, -0.2) is 41.4 Å². The molecule has 0 aromatic carbocycles. The summed E-state index contributed by atoms with van der Waals surface area (Å²) in [5.74, 6) is 0.459. The number of ether oxygens (including phenoxy) is 1. The molecule has 3 aliphatic heterocycles. The number of carboxylic acid groups (broad SMARTS) is 1. The third kappa shape index (κ3) is 1.59. The first-order valence-electron chi connectivity index (χ1n) is 5.36. The fourth-order valence-electron chi connectivity index (χ4n) is 2.88. The Kier molecular flexibility index (Phi) is 2.63. The Morgan fingerprint density at radius 3 is 2.64 bits per heavy atom. The van der Waals surface area contributed by atoms with Crippen LogP contribution in [0.4, 0.5) is 4.79 Å². The summed E-state index contributed by atoms with van der Waals surface area (Å²) in [5, 5.41) is 8.67. The average molecular weight is 199 g/mol. The lowest BCUT2D eigenvalue weighted by Crippen LogP contribution is -2.58. The highest BCUT2D eigenvalue weighted by Gasteiger charge is 2.43. The zero-order chi connectivity index (χ0) is 10.1. The molecule has 0 spiro atoms. The Morgan fingerprint density at radius 2 is 2.14 bits per heavy atom. The van der Waals surface area contributed by atoms with Crippen molar-refractivity contribution < 1.29 is 14.6 Å². The molecule has 4 heteroatoms. The van der Waals surface area contributed by atoms with Gasteiger partial charge in [0.05, 0.1) is 0 Å². The second kappa shape index (κ2) is 3.77. The number of hydrogen-bond donors (Lipinski definition) is 1. The quantitative estimate of drug-likeness (QED) is 0.685. The molecule has 3 aliphatic rings. The van der Waals surface area contributed by atoms with Crippen LogP contribution in [0.15, 0.2) is 0 Å². The van der Waals surface area contributed by atoms with Gasteiger partial charge < -0.3 is 9.84 Å². The van der Waals surface area contributed by atoms with Gasteiger partial charge in [-0.1, -0.05) is 6.92 Å². The molecule has 0 aliphatic carbocycles. The Balaban J connectivity index is 2.08. The van der Waals surface area contributed by atoms with Crippen molar-refractivity contribution in [3.05, 3.63) is 0 Å². The molecule has 4 nitrogen and oxygen atoms in total. The smallest absolute Gasteiger partial charge is 0.450 e. The van der Waals surface area contributed by atoms with Gasteiger partial charge >= 0.3 is 6.16 Å². The third-order valence-corrected chi connectivity index (χ3v) is 3.54. The predicted molar refractivity (Wildman–Crippen MR) is 51.3 cm³/mol. The van der Waals surface area contributed by atoms with Crippen LogP contribution in [0.2, 0.25) is 0 Å². The normalized spacial score (nSPS) is 40.9. The largest absolute Gasteiger partial charge is 0.506 e. The fourth-order valence-corrected chi connectivity index (χ4v) is 2.88. The minimum atomic E-state index is -1.12. The van der Waals surface area contributed by atoms with E-state index in [0.717, 1.165) is 32.4 Å². The van der Waals surface area contributed by atoms with Crippen LogP contribution < -0.4 is 0 Å². The van der Waals surface area contributed by atoms with E-state index in [9.17, 15) is 4.79 Å². The maximum Gasteiger partial charge on any atom is 0.506 e. The molecule has 80 valence electrons. The first-order valence-corrected chi connectivity index (χ1v) is 5.36. The van der Waals surface area contributed by atoms with E-state index in [1.165, 1.54) is 0 Å². The zero-order valence-corrected chi connectivity index (χ0v) is 8.48. The molecule has 2 bridgehead atoms. The molecule has 0 aromatic rings. The Bertz CT molecular complexity index is 223. The molecule has 1 N–H and O–H groups in total. The van der Waals surface area contributed by atoms with Crippen LogP contribution in [0.5, 0.6) is 0 Å². The topological polar surface area (TPSA) is 49.8 Å². The van der Waals surface area contributed by atoms with Gasteiger partial charge in [-0.05, 0) is 32.4 Å². The number of fused-ring (bicyclic) bond motifs is 3. The van der Waals surface area contributed by atoms with E-state index in [1.807, 2.05) is 0 Å². The monoisotopic (exact) mass is 199 g/mol. The lowest BCUT2D eigenvalue weighted by Gasteiger charge is -2.49. The second-order valence-corrected chi connectivity index (χ2v) is 4.20. The molecule has 0 saturated carbocycles. The van der Waals surface area contributed by atoms with E-state index in [1.54, 1.807) is 0 Å². The van der Waals surface area contributed by atoms with Crippen molar-refractivity contribution in [2.75, 3.05) is 13.1 Å². The minimum absolute atomic E-state index is 0.0833. The van der Waals surface area contributed by atoms with Gasteiger partial charge in [0.15, 0.2) is 0 Å². The van der Waals surface area contributed by atoms with Crippen molar-refractivity contribution >= 4 is 6.16 Å². The first-order chi connectivity index (χ1) is 6.72. The summed E-state index contributed by atoms with van der Waals surface area (Å²) in [6.07, 6.45) is 1.96. The summed E-state index contributed by atoms with van der Waals surface area (Å²) in [7, 11) is 0. The highest BCUT2D eigenvalue weighted by atomic mass is 16.7. The molecule has 0 radical (unpaired) electrons. The van der Waals surface area contributed by atoms with Crippen LogP contribution in [0, 0.1) is 5.92 Å². The lowest BCUT2D eigenvalue weighted by molar-refractivity contribution is -0.0896. The summed E-state index contributed by atoms with van der Waals surface area (Å²) in [6.45, 7) is 4.33. The summed E-state index contributed by atoms with van der Waals surface area (Å²) in [5.41, 5.74) is 0. The minimum Gasteiger partial charge on any atom is -0.450 e. The molecule has 3 saturated heterocycles. The molecule has 1 unspecified atom stereocenters. The Labute approximate surface area is 83.8 Å². The Morgan fingerprint density at radius 1 is 1.50 bits per heavy atom. The molecule has 0 amide bonds. The first kappa shape index (κ1) is 9.77. The van der Waals surface area contributed by atoms with Crippen molar-refractivity contribution in [3.8, 4) is 0 Å². The predicted octanol–water partition coefficient (Wildman–Crippen LogP) is 1.55. The van der Waals surface area contributed by atoms with E-state index in [-0.39, 0.29) is 6.10 Å². The van der Waals surface area contributed by atoms with Gasteiger partial charge in [-0.15, -0.1) is 0 Å². The molecule has 3 heterocycles. The summed E-state index contributed by atoms with van der Waals surface area (Å²) < 4.78 is 5.00. The van der Waals surface area contributed by atoms with Crippen molar-refractivity contribution in [1.29, 1.82) is 0 Å². The lowest BCUT2D eigenvalue weighted by atomic mass is 9.79. The summed E-state index contributed by atoms with van der Waals surface area (Å²) in [6, 6.07) is 0.318. The van der Waals surface area contributed by atoms with Gasteiger partial charge in [-0.25, -0.2) is 4.79 Å². The van der Waals surface area contributed by atoms with E-state index < -0.39 is 6.16 Å². The van der Waals surface area contributed by atoms with Gasteiger partial charge in [0.2, 0.25) is 0 Å². The summed E-state index contributed by atoms with van der Waals surface area (Å²) in [4.78, 5) is 12.9. The van der Waals surface area contributed by atoms with Crippen LogP contribution in [0.25, 0.3) is 0 Å². The van der Waals surface area contributed by atoms with Gasteiger partial charge in [-0.3, -0.25) is 4.90 Å². The SMILES string of the molecule is CC[C@@H]1C(OC(=O)O)C2CCN1CC2. The number of hydrogen-bond acceptors (Lipinski definition) is 3. The molecule has 14 heavy (non-hydrogen) atoms. The van der Waals surface area contributed by atoms with Crippen LogP contribution in [0.1, 0.15) is 26.2 Å². The summed E-state index contributed by atoms with van der Waals surface area (Å²) >= 11 is 0. The van der Waals surface area contributed by atoms with E-state index in [4.69, 9.17) is 9.84 Å². The second-order valence-electron chi connectivity index (χ2n) is 4.20. The number of piperidine rings is 3. The van der Waals surface area contributed by atoms with Crippen molar-refractivity contribution in [3.63, 3.8) is 0 Å². The van der Waals surface area contributed by atoms with Crippen molar-refractivity contribution in [2.24, 2.45) is 5.92 Å². The van der Waals surface area contributed by atoms with Gasteiger partial charge in [0.25, 0.3) is 0 Å². The fraction of sp³-hybridized carbons (Fsp3) is 0.900. The standard InChI is InChI=1S/C10H17NO3/c1-2-8-9(14-10(12)13)7-3-5-11(8)6-4-7/h7-9H,2-6H2,1H3,(H,12,13)/t8-,9?/m1/s1. The molecule has 3 rings (SSSR count). The van der Waals surface area contributed by atoms with E-state index in [2.05, 4.69) is 11.8 Å². The van der Waals surface area contributed by atoms with Gasteiger partial charge in [0, 0.05) is 12.0 Å². The number of nitrogens with zero attached hydrogens (tertiary/aromatic N) is 1. The van der Waals surface area contributed by atoms with Crippen LogP contribution in [0.3, 0.4) is 0 Å². The zero-order valence-electron chi connectivity index (χ0n) is 8.48. The molecule has 0 aromatic heterocycles. The van der Waals surface area contributed by atoms with E-state index in [0.29, 0.717) is 12.0 Å². The molecular formula is C10H17NO3. The third-order valence-electron chi connectivity index (χ3n) is 3.54. The van der Waals surface area contributed by atoms with Gasteiger partial charge in [-0.2, -0.15) is 0 Å². The maximum absolute atomic E-state index is 10.6. The highest BCUT2D eigenvalue weighted by molar-refractivity contribution is 5.57. The maximum atomic E-state index is 10.6. The van der Waals surface area contributed by atoms with Gasteiger partial charge in [0.1, 0.15) is 6.10 Å². The average Bonchev–Trinajstić information content (AvgIpc) is 2.18.